The maximum absolute atomic E-state index is 12.7. The standard InChI is InChI=1S/C45H79N2O6P/c1-6-8-10-11-12-13-14-15-16-17-18-19-20-21-22-23-24-25-26-27-28-29-30-31-32-33-34-35-37-39-45(49)46-43(44(48)38-36-9-7-2)42-53-54(50,51)52-41-40-47(3,4)5/h8,10,12-13,15-16,18-19,21-22,24-25,27-28,43-44,48H,6-7,9,11,14,17,20,23,26,29-42H2,1-5H3,(H-,46,49,50,51)/p+1/b10-8-,13-12-,16-15-,19-18-,22-21-,25-24-,28-27-. The minimum absolute atomic E-state index is 0.0656. The molecule has 0 spiro atoms. The van der Waals surface area contributed by atoms with Crippen molar-refractivity contribution in [3.05, 3.63) is 85.1 Å². The number of aliphatic hydroxyl groups excluding tert-OH is 1. The first-order chi connectivity index (χ1) is 26.0. The molecule has 3 N–H and O–H groups in total. The third-order valence-corrected chi connectivity index (χ3v) is 9.64. The van der Waals surface area contributed by atoms with Crippen LogP contribution in [0.1, 0.15) is 142 Å². The van der Waals surface area contributed by atoms with Crippen LogP contribution in [0.25, 0.3) is 0 Å². The van der Waals surface area contributed by atoms with E-state index in [-0.39, 0.29) is 19.1 Å². The van der Waals surface area contributed by atoms with Crippen molar-refractivity contribution in [2.75, 3.05) is 40.9 Å². The number of nitrogens with zero attached hydrogens (tertiary/aromatic N) is 1. The molecule has 0 aliphatic carbocycles. The maximum atomic E-state index is 12.7. The average molecular weight is 776 g/mol. The first kappa shape index (κ1) is 51.7. The van der Waals surface area contributed by atoms with E-state index < -0.39 is 20.0 Å². The zero-order valence-corrected chi connectivity index (χ0v) is 35.8. The van der Waals surface area contributed by atoms with E-state index in [0.29, 0.717) is 23.9 Å². The highest BCUT2D eigenvalue weighted by Crippen LogP contribution is 2.43. The van der Waals surface area contributed by atoms with Gasteiger partial charge in [-0.2, -0.15) is 0 Å². The number of likely N-dealkylation sites (N-methyl/N-ethyl adjacent to an activating group) is 1. The fourth-order valence-corrected chi connectivity index (χ4v) is 6.05. The fourth-order valence-electron chi connectivity index (χ4n) is 5.32. The van der Waals surface area contributed by atoms with Crippen LogP contribution < -0.4 is 5.32 Å². The van der Waals surface area contributed by atoms with Crippen LogP contribution in [-0.4, -0.2) is 73.4 Å². The Morgan fingerprint density at radius 3 is 1.59 bits per heavy atom. The molecular formula is C45H80N2O6P+. The summed E-state index contributed by atoms with van der Waals surface area (Å²) in [5.74, 6) is -0.173. The predicted octanol–water partition coefficient (Wildman–Crippen LogP) is 11.4. The van der Waals surface area contributed by atoms with Crippen LogP contribution in [0.4, 0.5) is 0 Å². The van der Waals surface area contributed by atoms with Gasteiger partial charge in [-0.05, 0) is 70.6 Å². The third kappa shape index (κ3) is 38.0. The quantitative estimate of drug-likeness (QED) is 0.0253. The van der Waals surface area contributed by atoms with E-state index in [4.69, 9.17) is 9.05 Å². The Morgan fingerprint density at radius 2 is 1.11 bits per heavy atom. The Balaban J connectivity index is 4.00. The first-order valence-electron chi connectivity index (χ1n) is 21.0. The van der Waals surface area contributed by atoms with Crippen molar-refractivity contribution in [1.29, 1.82) is 0 Å². The van der Waals surface area contributed by atoms with Crippen molar-refractivity contribution < 1.29 is 32.9 Å². The summed E-state index contributed by atoms with van der Waals surface area (Å²) >= 11 is 0. The lowest BCUT2D eigenvalue weighted by Gasteiger charge is -2.26. The number of carbonyl (C=O) groups excluding carboxylic acids is 1. The van der Waals surface area contributed by atoms with Gasteiger partial charge in [-0.15, -0.1) is 0 Å². The van der Waals surface area contributed by atoms with Gasteiger partial charge in [-0.25, -0.2) is 4.57 Å². The Bertz CT molecular complexity index is 1150. The number of amides is 1. The largest absolute Gasteiger partial charge is 0.472 e. The molecule has 0 saturated heterocycles. The van der Waals surface area contributed by atoms with Gasteiger partial charge in [0.1, 0.15) is 13.2 Å². The Kier molecular flexibility index (Phi) is 34.8. The Morgan fingerprint density at radius 1 is 0.648 bits per heavy atom. The molecule has 9 heteroatoms. The zero-order valence-electron chi connectivity index (χ0n) is 34.9. The van der Waals surface area contributed by atoms with Gasteiger partial charge in [0.2, 0.25) is 5.91 Å². The van der Waals surface area contributed by atoms with Crippen molar-refractivity contribution in [2.45, 2.75) is 154 Å². The monoisotopic (exact) mass is 776 g/mol. The highest BCUT2D eigenvalue weighted by molar-refractivity contribution is 7.47. The van der Waals surface area contributed by atoms with E-state index in [1.165, 1.54) is 19.3 Å². The lowest BCUT2D eigenvalue weighted by Crippen LogP contribution is -2.46. The Labute approximate surface area is 331 Å². The molecule has 3 atom stereocenters. The van der Waals surface area contributed by atoms with Gasteiger partial charge in [0.05, 0.1) is 39.9 Å². The van der Waals surface area contributed by atoms with Crippen LogP contribution in [0.15, 0.2) is 85.1 Å². The first-order valence-corrected chi connectivity index (χ1v) is 22.4. The maximum Gasteiger partial charge on any atom is 0.472 e. The zero-order chi connectivity index (χ0) is 40.0. The minimum Gasteiger partial charge on any atom is -0.391 e. The number of allylic oxidation sites excluding steroid dienone is 14. The van der Waals surface area contributed by atoms with E-state index in [2.05, 4.69) is 104 Å². The molecule has 0 radical (unpaired) electrons. The summed E-state index contributed by atoms with van der Waals surface area (Å²) < 4.78 is 23.3. The van der Waals surface area contributed by atoms with Gasteiger partial charge in [0, 0.05) is 6.42 Å². The van der Waals surface area contributed by atoms with Gasteiger partial charge in [-0.3, -0.25) is 13.8 Å². The summed E-state index contributed by atoms with van der Waals surface area (Å²) in [5.41, 5.74) is 0. The lowest BCUT2D eigenvalue weighted by atomic mass is 10.0. The molecule has 0 aromatic heterocycles. The lowest BCUT2D eigenvalue weighted by molar-refractivity contribution is -0.870. The molecule has 0 rings (SSSR count). The van der Waals surface area contributed by atoms with Crippen LogP contribution >= 0.6 is 7.82 Å². The number of carbonyl (C=O) groups is 1. The molecule has 310 valence electrons. The van der Waals surface area contributed by atoms with Gasteiger partial charge < -0.3 is 19.8 Å². The average Bonchev–Trinajstić information content (AvgIpc) is 3.12. The van der Waals surface area contributed by atoms with E-state index in [1.54, 1.807) is 0 Å². The number of phosphoric ester groups is 1. The summed E-state index contributed by atoms with van der Waals surface area (Å²) in [6, 6.07) is -0.767. The SMILES string of the molecule is CC/C=C\C/C=C\C/C=C\C/C=C\C/C=C\C/C=C\C/C=C\CCCCCCCCCC(=O)NC(COP(=O)(O)OCC[N+](C)(C)C)C(O)CCCCC. The van der Waals surface area contributed by atoms with Crippen LogP contribution in [0.5, 0.6) is 0 Å². The van der Waals surface area contributed by atoms with Crippen LogP contribution in [-0.2, 0) is 18.4 Å². The molecule has 0 fully saturated rings. The number of quaternary nitrogens is 1. The molecule has 0 aromatic rings. The van der Waals surface area contributed by atoms with Gasteiger partial charge in [0.15, 0.2) is 0 Å². The smallest absolute Gasteiger partial charge is 0.391 e. The van der Waals surface area contributed by atoms with Crippen molar-refractivity contribution in [1.82, 2.24) is 5.32 Å². The van der Waals surface area contributed by atoms with E-state index in [0.717, 1.165) is 96.3 Å². The molecule has 0 bridgehead atoms. The van der Waals surface area contributed by atoms with Crippen molar-refractivity contribution >= 4 is 13.7 Å². The Hall–Kier alpha value is -2.32. The van der Waals surface area contributed by atoms with Crippen LogP contribution in [0.2, 0.25) is 0 Å². The van der Waals surface area contributed by atoms with Crippen LogP contribution in [0.3, 0.4) is 0 Å². The number of unbranched alkanes of at least 4 members (excludes halogenated alkanes) is 9. The highest BCUT2D eigenvalue weighted by atomic mass is 31.2. The summed E-state index contributed by atoms with van der Waals surface area (Å²) in [5, 5.41) is 13.6. The summed E-state index contributed by atoms with van der Waals surface area (Å²) in [6.45, 7) is 4.56. The van der Waals surface area contributed by atoms with Crippen molar-refractivity contribution in [3.8, 4) is 0 Å². The number of hydrogen-bond donors (Lipinski definition) is 3. The second-order valence-corrected chi connectivity index (χ2v) is 16.4. The fraction of sp³-hybridized carbons (Fsp3) is 0.667. The molecule has 3 unspecified atom stereocenters. The summed E-state index contributed by atoms with van der Waals surface area (Å²) in [6.07, 6.45) is 49.8. The molecule has 0 heterocycles. The van der Waals surface area contributed by atoms with Gasteiger partial charge in [0.25, 0.3) is 0 Å². The molecule has 1 amide bonds. The molecule has 0 aliphatic heterocycles. The van der Waals surface area contributed by atoms with Gasteiger partial charge in [-0.1, -0.05) is 150 Å². The van der Waals surface area contributed by atoms with E-state index >= 15 is 0 Å². The molecule has 8 nitrogen and oxygen atoms in total. The van der Waals surface area contributed by atoms with Crippen molar-refractivity contribution in [3.63, 3.8) is 0 Å². The highest BCUT2D eigenvalue weighted by Gasteiger charge is 2.28. The van der Waals surface area contributed by atoms with E-state index in [1.807, 2.05) is 21.1 Å². The normalized spacial score (nSPS) is 15.3. The topological polar surface area (TPSA) is 105 Å². The number of rotatable bonds is 36. The number of nitrogens with one attached hydrogen (secondary N) is 1. The van der Waals surface area contributed by atoms with Crippen molar-refractivity contribution in [2.24, 2.45) is 0 Å². The number of aliphatic hydroxyl groups is 1. The minimum atomic E-state index is -4.30. The predicted molar refractivity (Wildman–Crippen MR) is 230 cm³/mol. The second-order valence-electron chi connectivity index (χ2n) is 15.0. The van der Waals surface area contributed by atoms with E-state index in [9.17, 15) is 19.4 Å². The third-order valence-electron chi connectivity index (χ3n) is 8.66. The molecular weight excluding hydrogens is 695 g/mol. The molecule has 0 saturated carbocycles. The summed E-state index contributed by atoms with van der Waals surface area (Å²) in [4.78, 5) is 22.8. The summed E-state index contributed by atoms with van der Waals surface area (Å²) in [7, 11) is 1.58. The van der Waals surface area contributed by atoms with Crippen LogP contribution in [0, 0.1) is 0 Å². The molecule has 54 heavy (non-hydrogen) atoms. The second kappa shape index (κ2) is 36.3. The van der Waals surface area contributed by atoms with Gasteiger partial charge >= 0.3 is 7.82 Å². The number of hydrogen-bond acceptors (Lipinski definition) is 5. The molecule has 0 aliphatic rings. The number of phosphoric acid groups is 1. The molecule has 0 aromatic carbocycles.